The van der Waals surface area contributed by atoms with E-state index < -0.39 is 0 Å². The summed E-state index contributed by atoms with van der Waals surface area (Å²) in [6.07, 6.45) is 3.05. The second kappa shape index (κ2) is 4.73. The van der Waals surface area contributed by atoms with E-state index in [4.69, 9.17) is 4.74 Å². The van der Waals surface area contributed by atoms with Crippen LogP contribution in [0.1, 0.15) is 29.9 Å². The number of rotatable bonds is 2. The summed E-state index contributed by atoms with van der Waals surface area (Å²) in [7, 11) is 3.57. The van der Waals surface area contributed by atoms with E-state index in [0.717, 1.165) is 24.8 Å². The first-order valence-corrected chi connectivity index (χ1v) is 5.77. The summed E-state index contributed by atoms with van der Waals surface area (Å²) in [6, 6.07) is 6.19. The number of carbonyl (C=O) groups excluding carboxylic acids is 1. The minimum Gasteiger partial charge on any atom is -0.469 e. The molecule has 0 aliphatic heterocycles. The maximum atomic E-state index is 11.7. The van der Waals surface area contributed by atoms with Gasteiger partial charge >= 0.3 is 5.97 Å². The predicted molar refractivity (Wildman–Crippen MR) is 65.4 cm³/mol. The van der Waals surface area contributed by atoms with Gasteiger partial charge in [0, 0.05) is 0 Å². The van der Waals surface area contributed by atoms with Crippen molar-refractivity contribution in [3.05, 3.63) is 29.3 Å². The highest BCUT2D eigenvalue weighted by atomic mass is 16.5. The monoisotopic (exact) mass is 215 g/mol. The van der Waals surface area contributed by atoms with E-state index in [0.29, 0.717) is 0 Å². The zero-order chi connectivity index (χ0) is 11.5. The van der Waals surface area contributed by atoms with Crippen LogP contribution in [-0.4, -0.2) is 20.4 Å². The number of hydrogen-bond acceptors (Lipinski definition) is 2. The lowest BCUT2D eigenvalue weighted by Crippen LogP contribution is -2.26. The first kappa shape index (κ1) is 11.2. The maximum Gasteiger partial charge on any atom is 0.313 e. The molecule has 1 unspecified atom stereocenters. The molecule has 0 bridgehead atoms. The van der Waals surface area contributed by atoms with Gasteiger partial charge in [0.1, 0.15) is 7.28 Å². The van der Waals surface area contributed by atoms with Gasteiger partial charge in [0.15, 0.2) is 0 Å². The normalized spacial score (nSPS) is 18.8. The predicted octanol–water partition coefficient (Wildman–Crippen LogP) is 1.66. The minimum absolute atomic E-state index is 0.0614. The average Bonchev–Trinajstić information content (AvgIpc) is 2.36. The molecule has 0 heterocycles. The molecule has 0 amide bonds. The molecule has 83 valence electrons. The fraction of sp³-hybridized carbons (Fsp3) is 0.462. The highest BCUT2D eigenvalue weighted by Crippen LogP contribution is 2.31. The van der Waals surface area contributed by atoms with Crippen LogP contribution in [0.4, 0.5) is 0 Å². The first-order chi connectivity index (χ1) is 7.77. The van der Waals surface area contributed by atoms with Gasteiger partial charge in [-0.05, 0) is 24.8 Å². The van der Waals surface area contributed by atoms with E-state index in [-0.39, 0.29) is 11.9 Å². The Morgan fingerprint density at radius 3 is 3.00 bits per heavy atom. The lowest BCUT2D eigenvalue weighted by atomic mass is 9.66. The summed E-state index contributed by atoms with van der Waals surface area (Å²) < 4.78 is 4.87. The fourth-order valence-corrected chi connectivity index (χ4v) is 2.53. The van der Waals surface area contributed by atoms with Crippen LogP contribution in [0.2, 0.25) is 6.82 Å². The van der Waals surface area contributed by atoms with Gasteiger partial charge in [-0.2, -0.15) is 0 Å². The van der Waals surface area contributed by atoms with Crippen LogP contribution in [0, 0.1) is 0 Å². The third-order valence-electron chi connectivity index (χ3n) is 3.34. The van der Waals surface area contributed by atoms with Crippen molar-refractivity contribution in [2.24, 2.45) is 0 Å². The molecule has 16 heavy (non-hydrogen) atoms. The average molecular weight is 215 g/mol. The summed E-state index contributed by atoms with van der Waals surface area (Å²) in [5.74, 6) is -0.164. The van der Waals surface area contributed by atoms with Crippen molar-refractivity contribution in [3.63, 3.8) is 0 Å². The molecule has 2 rings (SSSR count). The van der Waals surface area contributed by atoms with E-state index in [2.05, 4.69) is 19.4 Å². The standard InChI is InChI=1S/C13H16BO2/c1-14-12-8-4-5-9-10(12)6-3-7-11(9)13(15)16-2/h4-5,8,11H,3,6-7H2,1-2H3. The van der Waals surface area contributed by atoms with Gasteiger partial charge in [-0.1, -0.05) is 36.0 Å². The Morgan fingerprint density at radius 1 is 1.50 bits per heavy atom. The van der Waals surface area contributed by atoms with Gasteiger partial charge in [0.05, 0.1) is 13.0 Å². The lowest BCUT2D eigenvalue weighted by molar-refractivity contribution is -0.142. The highest BCUT2D eigenvalue weighted by molar-refractivity contribution is 6.52. The molecule has 1 aromatic carbocycles. The Labute approximate surface area is 97.2 Å². The van der Waals surface area contributed by atoms with Crippen LogP contribution >= 0.6 is 0 Å². The Kier molecular flexibility index (Phi) is 3.32. The van der Waals surface area contributed by atoms with Gasteiger partial charge in [-0.25, -0.2) is 0 Å². The molecule has 1 aliphatic rings. The molecule has 0 N–H and O–H groups in total. The van der Waals surface area contributed by atoms with Gasteiger partial charge in [0.2, 0.25) is 0 Å². The SMILES string of the molecule is C[B]c1cccc2c1CCCC2C(=O)OC. The van der Waals surface area contributed by atoms with Crippen LogP contribution in [-0.2, 0) is 16.0 Å². The summed E-state index contributed by atoms with van der Waals surface area (Å²) >= 11 is 0. The third-order valence-corrected chi connectivity index (χ3v) is 3.34. The molecule has 0 aromatic heterocycles. The quantitative estimate of drug-likeness (QED) is 0.553. The molecule has 1 aliphatic carbocycles. The summed E-state index contributed by atoms with van der Waals surface area (Å²) in [5.41, 5.74) is 3.74. The van der Waals surface area contributed by atoms with Crippen molar-refractivity contribution in [1.29, 1.82) is 0 Å². The molecule has 0 saturated carbocycles. The number of fused-ring (bicyclic) bond motifs is 1. The van der Waals surface area contributed by atoms with Crippen molar-refractivity contribution in [2.75, 3.05) is 7.11 Å². The van der Waals surface area contributed by atoms with Crippen molar-refractivity contribution >= 4 is 18.7 Å². The van der Waals surface area contributed by atoms with Crippen LogP contribution < -0.4 is 5.46 Å². The Morgan fingerprint density at radius 2 is 2.31 bits per heavy atom. The molecule has 1 atom stereocenters. The molecule has 3 heteroatoms. The van der Waals surface area contributed by atoms with E-state index in [1.807, 2.05) is 12.9 Å². The molecule has 0 spiro atoms. The topological polar surface area (TPSA) is 26.3 Å². The molecule has 0 saturated heterocycles. The van der Waals surface area contributed by atoms with Crippen LogP contribution in [0.5, 0.6) is 0 Å². The second-order valence-corrected chi connectivity index (χ2v) is 4.17. The molecule has 2 nitrogen and oxygen atoms in total. The van der Waals surface area contributed by atoms with Gasteiger partial charge in [-0.3, -0.25) is 4.79 Å². The Bertz CT molecular complexity index is 401. The van der Waals surface area contributed by atoms with Crippen molar-refractivity contribution in [2.45, 2.75) is 32.0 Å². The number of carbonyl (C=O) groups is 1. The first-order valence-electron chi connectivity index (χ1n) is 5.77. The van der Waals surface area contributed by atoms with Crippen LogP contribution in [0.3, 0.4) is 0 Å². The Hall–Kier alpha value is -1.25. The largest absolute Gasteiger partial charge is 0.469 e. The van der Waals surface area contributed by atoms with Gasteiger partial charge < -0.3 is 4.74 Å². The van der Waals surface area contributed by atoms with Gasteiger partial charge in [-0.15, -0.1) is 0 Å². The van der Waals surface area contributed by atoms with Crippen LogP contribution in [0.25, 0.3) is 0 Å². The molecule has 1 aromatic rings. The number of ether oxygens (including phenoxy) is 1. The van der Waals surface area contributed by atoms with Gasteiger partial charge in [0.25, 0.3) is 0 Å². The van der Waals surface area contributed by atoms with Crippen molar-refractivity contribution in [3.8, 4) is 0 Å². The van der Waals surface area contributed by atoms with E-state index in [1.54, 1.807) is 0 Å². The molecular weight excluding hydrogens is 199 g/mol. The number of esters is 1. The summed E-state index contributed by atoms with van der Waals surface area (Å²) in [4.78, 5) is 11.7. The molecular formula is C13H16BO2. The minimum atomic E-state index is -0.103. The van der Waals surface area contributed by atoms with E-state index in [9.17, 15) is 4.79 Å². The fourth-order valence-electron chi connectivity index (χ4n) is 2.53. The number of methoxy groups -OCH3 is 1. The number of benzene rings is 1. The summed E-state index contributed by atoms with van der Waals surface area (Å²) in [5, 5.41) is 0. The second-order valence-electron chi connectivity index (χ2n) is 4.17. The van der Waals surface area contributed by atoms with E-state index >= 15 is 0 Å². The van der Waals surface area contributed by atoms with Crippen LogP contribution in [0.15, 0.2) is 18.2 Å². The third kappa shape index (κ3) is 1.86. The van der Waals surface area contributed by atoms with Crippen molar-refractivity contribution in [1.82, 2.24) is 0 Å². The smallest absolute Gasteiger partial charge is 0.313 e. The maximum absolute atomic E-state index is 11.7. The number of hydrogen-bond donors (Lipinski definition) is 0. The van der Waals surface area contributed by atoms with E-state index in [1.165, 1.54) is 18.1 Å². The molecule has 0 fully saturated rings. The zero-order valence-corrected chi connectivity index (χ0v) is 9.82. The lowest BCUT2D eigenvalue weighted by Gasteiger charge is -2.25. The Balaban J connectivity index is 2.43. The summed E-state index contributed by atoms with van der Waals surface area (Å²) in [6.45, 7) is 2.04. The zero-order valence-electron chi connectivity index (χ0n) is 9.82. The highest BCUT2D eigenvalue weighted by Gasteiger charge is 2.27. The van der Waals surface area contributed by atoms with Crippen molar-refractivity contribution < 1.29 is 9.53 Å². The molecule has 1 radical (unpaired) electrons.